The van der Waals surface area contributed by atoms with Crippen LogP contribution in [0.3, 0.4) is 0 Å². The van der Waals surface area contributed by atoms with Gasteiger partial charge in [-0.3, -0.25) is 9.59 Å². The first kappa shape index (κ1) is 18.2. The van der Waals surface area contributed by atoms with E-state index in [1.165, 1.54) is 30.2 Å². The van der Waals surface area contributed by atoms with Crippen LogP contribution in [0.5, 0.6) is 0 Å². The van der Waals surface area contributed by atoms with Crippen LogP contribution in [-0.2, 0) is 32.6 Å². The molecule has 0 unspecified atom stereocenters. The molecule has 3 rings (SSSR count). The van der Waals surface area contributed by atoms with Gasteiger partial charge in [0, 0.05) is 12.7 Å². The van der Waals surface area contributed by atoms with Crippen molar-refractivity contribution in [2.45, 2.75) is 30.8 Å². The molecule has 1 aromatic carbocycles. The molecule has 8 nitrogen and oxygen atoms in total. The summed E-state index contributed by atoms with van der Waals surface area (Å²) in [6.45, 7) is 1.63. The van der Waals surface area contributed by atoms with Gasteiger partial charge in [0.05, 0.1) is 30.2 Å². The Morgan fingerprint density at radius 1 is 1.35 bits per heavy atom. The van der Waals surface area contributed by atoms with Crippen LogP contribution in [0.4, 0.5) is 5.69 Å². The van der Waals surface area contributed by atoms with Gasteiger partial charge in [-0.2, -0.15) is 4.72 Å². The van der Waals surface area contributed by atoms with Crippen LogP contribution in [-0.4, -0.2) is 33.3 Å². The highest BCUT2D eigenvalue weighted by Crippen LogP contribution is 2.29. The van der Waals surface area contributed by atoms with Crippen molar-refractivity contribution in [3.63, 3.8) is 0 Å². The number of fused-ring (bicyclic) bond motifs is 1. The molecule has 2 amide bonds. The summed E-state index contributed by atoms with van der Waals surface area (Å²) in [5.74, 6) is 0.00930. The molecule has 0 saturated heterocycles. The molecule has 0 radical (unpaired) electrons. The number of furan rings is 1. The number of anilines is 1. The molecule has 0 bridgehead atoms. The predicted octanol–water partition coefficient (Wildman–Crippen LogP) is 0.782. The Bertz CT molecular complexity index is 937. The minimum Gasteiger partial charge on any atom is -0.467 e. The number of likely N-dealkylation sites (N-methyl/N-ethyl adjacent to an activating group) is 1. The van der Waals surface area contributed by atoms with E-state index in [1.807, 2.05) is 0 Å². The second-order valence-electron chi connectivity index (χ2n) is 6.06. The van der Waals surface area contributed by atoms with E-state index in [4.69, 9.17) is 4.42 Å². The minimum absolute atomic E-state index is 0.0186. The molecule has 0 aliphatic carbocycles. The van der Waals surface area contributed by atoms with Gasteiger partial charge >= 0.3 is 0 Å². The van der Waals surface area contributed by atoms with Crippen molar-refractivity contribution in [1.82, 2.24) is 10.0 Å². The van der Waals surface area contributed by atoms with Crippen molar-refractivity contribution in [2.24, 2.45) is 0 Å². The predicted molar refractivity (Wildman–Crippen MR) is 93.9 cm³/mol. The number of nitrogens with one attached hydrogen (secondary N) is 2. The fourth-order valence-electron chi connectivity index (χ4n) is 2.71. The maximum absolute atomic E-state index is 12.5. The fraction of sp³-hybridized carbons (Fsp3) is 0.294. The Hall–Kier alpha value is -2.65. The fourth-order valence-corrected chi connectivity index (χ4v) is 3.96. The van der Waals surface area contributed by atoms with Gasteiger partial charge in [-0.05, 0) is 42.8 Å². The summed E-state index contributed by atoms with van der Waals surface area (Å²) < 4.78 is 32.5. The molecule has 9 heteroatoms. The van der Waals surface area contributed by atoms with Crippen LogP contribution in [0, 0.1) is 0 Å². The number of nitrogens with zero attached hydrogens (tertiary/aromatic N) is 1. The van der Waals surface area contributed by atoms with E-state index in [0.717, 1.165) is 0 Å². The van der Waals surface area contributed by atoms with Gasteiger partial charge < -0.3 is 14.6 Å². The number of amides is 2. The van der Waals surface area contributed by atoms with E-state index in [2.05, 4.69) is 10.0 Å². The Balaban J connectivity index is 1.67. The van der Waals surface area contributed by atoms with Crippen molar-refractivity contribution >= 4 is 27.5 Å². The lowest BCUT2D eigenvalue weighted by molar-refractivity contribution is -0.122. The molecule has 1 aliphatic heterocycles. The molecule has 0 spiro atoms. The van der Waals surface area contributed by atoms with Crippen molar-refractivity contribution in [1.29, 1.82) is 0 Å². The number of hydrogen-bond acceptors (Lipinski definition) is 5. The third-order valence-corrected chi connectivity index (χ3v) is 5.72. The van der Waals surface area contributed by atoms with E-state index in [1.54, 1.807) is 25.2 Å². The zero-order chi connectivity index (χ0) is 18.9. The molecule has 2 heterocycles. The molecule has 138 valence electrons. The van der Waals surface area contributed by atoms with Crippen LogP contribution in [0.1, 0.15) is 18.2 Å². The quantitative estimate of drug-likeness (QED) is 0.773. The van der Waals surface area contributed by atoms with Gasteiger partial charge in [0.1, 0.15) is 5.76 Å². The first-order valence-corrected chi connectivity index (χ1v) is 9.48. The molecular formula is C17H19N3O5S. The molecule has 0 saturated carbocycles. The van der Waals surface area contributed by atoms with Crippen LogP contribution >= 0.6 is 0 Å². The van der Waals surface area contributed by atoms with E-state index in [-0.39, 0.29) is 23.8 Å². The number of benzene rings is 1. The summed E-state index contributed by atoms with van der Waals surface area (Å²) in [4.78, 5) is 25.3. The van der Waals surface area contributed by atoms with Gasteiger partial charge in [-0.1, -0.05) is 0 Å². The molecule has 1 aromatic heterocycles. The summed E-state index contributed by atoms with van der Waals surface area (Å²) in [6, 6.07) is 6.92. The maximum Gasteiger partial charge on any atom is 0.241 e. The summed E-state index contributed by atoms with van der Waals surface area (Å²) in [7, 11) is -2.25. The molecule has 1 aliphatic rings. The second kappa shape index (κ2) is 6.93. The van der Waals surface area contributed by atoms with Gasteiger partial charge in [-0.25, -0.2) is 8.42 Å². The van der Waals surface area contributed by atoms with Gasteiger partial charge in [0.25, 0.3) is 0 Å². The van der Waals surface area contributed by atoms with Crippen LogP contribution in [0.2, 0.25) is 0 Å². The standard InChI is InChI=1S/C17H19N3O5S/c1-11(17(22)18-10-13-4-3-7-25-13)19-26(23,24)14-5-6-15-12(8-14)9-16(21)20(15)2/h3-8,11,19H,9-10H2,1-2H3,(H,18,22)/t11-/m0/s1. The van der Waals surface area contributed by atoms with Gasteiger partial charge in [-0.15, -0.1) is 0 Å². The van der Waals surface area contributed by atoms with Gasteiger partial charge in [0.15, 0.2) is 0 Å². The van der Waals surface area contributed by atoms with Crippen LogP contribution < -0.4 is 14.9 Å². The zero-order valence-corrected chi connectivity index (χ0v) is 15.2. The second-order valence-corrected chi connectivity index (χ2v) is 7.77. The van der Waals surface area contributed by atoms with Crippen LogP contribution in [0.25, 0.3) is 0 Å². The summed E-state index contributed by atoms with van der Waals surface area (Å²) in [5.41, 5.74) is 1.34. The summed E-state index contributed by atoms with van der Waals surface area (Å²) in [6.07, 6.45) is 1.65. The monoisotopic (exact) mass is 377 g/mol. The first-order valence-electron chi connectivity index (χ1n) is 8.00. The Labute approximate surface area is 151 Å². The Morgan fingerprint density at radius 3 is 2.81 bits per heavy atom. The molecule has 1 atom stereocenters. The number of hydrogen-bond donors (Lipinski definition) is 2. The van der Waals surface area contributed by atoms with E-state index in [9.17, 15) is 18.0 Å². The average Bonchev–Trinajstić information content (AvgIpc) is 3.20. The van der Waals surface area contributed by atoms with E-state index in [0.29, 0.717) is 17.0 Å². The Morgan fingerprint density at radius 2 is 2.12 bits per heavy atom. The minimum atomic E-state index is -3.90. The van der Waals surface area contributed by atoms with E-state index >= 15 is 0 Å². The van der Waals surface area contributed by atoms with Crippen LogP contribution in [0.15, 0.2) is 45.9 Å². The lowest BCUT2D eigenvalue weighted by atomic mass is 10.2. The van der Waals surface area contributed by atoms with Crippen molar-refractivity contribution < 1.29 is 22.4 Å². The largest absolute Gasteiger partial charge is 0.467 e. The maximum atomic E-state index is 12.5. The Kier molecular flexibility index (Phi) is 4.84. The van der Waals surface area contributed by atoms with Crippen molar-refractivity contribution in [3.05, 3.63) is 47.9 Å². The number of sulfonamides is 1. The first-order chi connectivity index (χ1) is 12.3. The van der Waals surface area contributed by atoms with Crippen molar-refractivity contribution in [3.8, 4) is 0 Å². The number of rotatable bonds is 6. The van der Waals surface area contributed by atoms with Crippen molar-refractivity contribution in [2.75, 3.05) is 11.9 Å². The highest BCUT2D eigenvalue weighted by molar-refractivity contribution is 7.89. The highest BCUT2D eigenvalue weighted by atomic mass is 32.2. The average molecular weight is 377 g/mol. The highest BCUT2D eigenvalue weighted by Gasteiger charge is 2.27. The molecule has 26 heavy (non-hydrogen) atoms. The molecule has 2 N–H and O–H groups in total. The molecular weight excluding hydrogens is 358 g/mol. The lowest BCUT2D eigenvalue weighted by Crippen LogP contribution is -2.44. The number of carbonyl (C=O) groups excluding carboxylic acids is 2. The zero-order valence-electron chi connectivity index (χ0n) is 14.4. The lowest BCUT2D eigenvalue weighted by Gasteiger charge is -2.15. The number of carbonyl (C=O) groups is 2. The normalized spacial score (nSPS) is 15.0. The smallest absolute Gasteiger partial charge is 0.241 e. The third kappa shape index (κ3) is 3.63. The van der Waals surface area contributed by atoms with E-state index < -0.39 is 22.0 Å². The SMILES string of the molecule is C[C@H](NS(=O)(=O)c1ccc2c(c1)CC(=O)N2C)C(=O)NCc1ccco1. The topological polar surface area (TPSA) is 109 Å². The van der Waals surface area contributed by atoms with Gasteiger partial charge in [0.2, 0.25) is 21.8 Å². The molecule has 0 fully saturated rings. The summed E-state index contributed by atoms with van der Waals surface area (Å²) >= 11 is 0. The summed E-state index contributed by atoms with van der Waals surface area (Å²) in [5, 5.41) is 2.60. The molecule has 2 aromatic rings. The third-order valence-electron chi connectivity index (χ3n) is 4.18.